The number of amides is 1. The lowest BCUT2D eigenvalue weighted by molar-refractivity contribution is 0.0160. The molecule has 0 radical (unpaired) electrons. The zero-order valence-electron chi connectivity index (χ0n) is 12.3. The molecule has 1 amide bonds. The minimum Gasteiger partial charge on any atom is -0.491 e. The molecule has 0 aromatic rings. The van der Waals surface area contributed by atoms with Gasteiger partial charge < -0.3 is 14.4 Å². The fraction of sp³-hybridized carbons (Fsp3) is 0.600. The highest BCUT2D eigenvalue weighted by atomic mass is 127. The molecule has 2 aliphatic heterocycles. The summed E-state index contributed by atoms with van der Waals surface area (Å²) in [6, 6.07) is 0.121. The summed E-state index contributed by atoms with van der Waals surface area (Å²) in [7, 11) is 0. The normalized spacial score (nSPS) is 22.2. The standard InChI is InChI=1S/C15H22INO3/c1-15(2,3)20-14(18)17-10-4-5-12(17)11-19-13-6-8-16-9-7-13/h6-9,12H,4-5,10-11H2,1-3H3/t12-/m1/s1. The van der Waals surface area contributed by atoms with Gasteiger partial charge in [0.05, 0.1) is 6.04 Å². The van der Waals surface area contributed by atoms with E-state index in [0.29, 0.717) is 6.61 Å². The number of carbonyl (C=O) groups is 1. The van der Waals surface area contributed by atoms with Crippen molar-refractivity contribution in [1.82, 2.24) is 4.90 Å². The SMILES string of the molecule is CC(C)(C)OC(=O)N1CCC[C@@H]1COC1=CC=IC=C1. The Balaban J connectivity index is 1.87. The van der Waals surface area contributed by atoms with Crippen molar-refractivity contribution in [1.29, 1.82) is 0 Å². The Morgan fingerprint density at radius 2 is 2.30 bits per heavy atom. The predicted octanol–water partition coefficient (Wildman–Crippen LogP) is 3.59. The number of nitrogens with zero attached hydrogens (tertiary/aromatic N) is 1. The summed E-state index contributed by atoms with van der Waals surface area (Å²) in [6.45, 7) is 6.98. The molecule has 0 aromatic heterocycles. The quantitative estimate of drug-likeness (QED) is 0.691. The summed E-state index contributed by atoms with van der Waals surface area (Å²) in [5.41, 5.74) is -0.446. The van der Waals surface area contributed by atoms with Gasteiger partial charge in [-0.1, -0.05) is 20.7 Å². The van der Waals surface area contributed by atoms with Crippen molar-refractivity contribution in [2.45, 2.75) is 45.3 Å². The van der Waals surface area contributed by atoms with E-state index in [1.54, 1.807) is 4.90 Å². The van der Waals surface area contributed by atoms with Gasteiger partial charge in [0, 0.05) is 6.54 Å². The molecule has 2 rings (SSSR count). The van der Waals surface area contributed by atoms with Crippen LogP contribution in [0.25, 0.3) is 0 Å². The van der Waals surface area contributed by atoms with Crippen molar-refractivity contribution in [2.24, 2.45) is 0 Å². The molecule has 1 fully saturated rings. The first-order chi connectivity index (χ1) is 9.46. The van der Waals surface area contributed by atoms with E-state index in [1.807, 2.05) is 32.9 Å². The Bertz CT molecular complexity index is 449. The Hall–Kier alpha value is -0.850. The van der Waals surface area contributed by atoms with Crippen LogP contribution in [0.3, 0.4) is 0 Å². The number of ether oxygens (including phenoxy) is 2. The molecule has 0 spiro atoms. The largest absolute Gasteiger partial charge is 0.491 e. The fourth-order valence-corrected chi connectivity index (χ4v) is 3.52. The van der Waals surface area contributed by atoms with E-state index >= 15 is 0 Å². The molecule has 20 heavy (non-hydrogen) atoms. The number of likely N-dealkylation sites (tertiary alicyclic amines) is 1. The molecule has 5 heteroatoms. The van der Waals surface area contributed by atoms with Gasteiger partial charge in [-0.3, -0.25) is 0 Å². The summed E-state index contributed by atoms with van der Waals surface area (Å²) >= 11 is 0.0829. The van der Waals surface area contributed by atoms with Crippen LogP contribution in [0.1, 0.15) is 33.6 Å². The van der Waals surface area contributed by atoms with Crippen molar-refractivity contribution in [3.63, 3.8) is 0 Å². The molecule has 0 unspecified atom stereocenters. The van der Waals surface area contributed by atoms with Crippen LogP contribution in [0.4, 0.5) is 4.79 Å². The molecule has 0 N–H and O–H groups in total. The lowest BCUT2D eigenvalue weighted by atomic mass is 10.2. The van der Waals surface area contributed by atoms with Gasteiger partial charge in [0.1, 0.15) is 18.0 Å². The van der Waals surface area contributed by atoms with Gasteiger partial charge in [0.25, 0.3) is 0 Å². The van der Waals surface area contributed by atoms with Crippen LogP contribution >= 0.6 is 20.7 Å². The molecule has 0 aromatic carbocycles. The lowest BCUT2D eigenvalue weighted by Gasteiger charge is -2.28. The highest BCUT2D eigenvalue weighted by Crippen LogP contribution is 2.22. The van der Waals surface area contributed by atoms with Gasteiger partial charge in [-0.05, 0) is 53.9 Å². The first-order valence-corrected chi connectivity index (χ1v) is 9.39. The van der Waals surface area contributed by atoms with Gasteiger partial charge in [0.2, 0.25) is 0 Å². The summed E-state index contributed by atoms with van der Waals surface area (Å²) in [5.74, 6) is 0.895. The molecule has 2 aliphatic rings. The smallest absolute Gasteiger partial charge is 0.410 e. The van der Waals surface area contributed by atoms with Crippen LogP contribution in [0.2, 0.25) is 0 Å². The van der Waals surface area contributed by atoms with E-state index in [2.05, 4.69) is 8.09 Å². The van der Waals surface area contributed by atoms with E-state index in [1.165, 1.54) is 0 Å². The van der Waals surface area contributed by atoms with E-state index in [-0.39, 0.29) is 32.9 Å². The Morgan fingerprint density at radius 1 is 1.50 bits per heavy atom. The molecule has 1 atom stereocenters. The first-order valence-electron chi connectivity index (χ1n) is 6.90. The maximum absolute atomic E-state index is 12.1. The minimum absolute atomic E-state index is 0.0829. The van der Waals surface area contributed by atoms with Crippen molar-refractivity contribution in [3.8, 4) is 0 Å². The second-order valence-corrected chi connectivity index (χ2v) is 8.05. The second-order valence-electron chi connectivity index (χ2n) is 5.89. The van der Waals surface area contributed by atoms with Crippen LogP contribution in [-0.2, 0) is 9.47 Å². The van der Waals surface area contributed by atoms with Crippen molar-refractivity contribution in [2.75, 3.05) is 13.2 Å². The number of rotatable bonds is 3. The molecular weight excluding hydrogens is 369 g/mol. The van der Waals surface area contributed by atoms with E-state index in [0.717, 1.165) is 25.1 Å². The maximum atomic E-state index is 12.1. The van der Waals surface area contributed by atoms with Crippen molar-refractivity contribution in [3.05, 3.63) is 22.0 Å². The van der Waals surface area contributed by atoms with Crippen LogP contribution < -0.4 is 0 Å². The second kappa shape index (κ2) is 6.74. The zero-order chi connectivity index (χ0) is 14.6. The van der Waals surface area contributed by atoms with Gasteiger partial charge in [-0.15, -0.1) is 0 Å². The summed E-state index contributed by atoms with van der Waals surface area (Å²) in [6.07, 6.45) is 5.82. The average Bonchev–Trinajstić information content (AvgIpc) is 2.84. The maximum Gasteiger partial charge on any atom is 0.410 e. The number of allylic oxidation sites excluding steroid dienone is 2. The van der Waals surface area contributed by atoms with Crippen LogP contribution in [-0.4, -0.2) is 39.8 Å². The third-order valence-electron chi connectivity index (χ3n) is 3.05. The highest BCUT2D eigenvalue weighted by molar-refractivity contribution is 14.2. The molecule has 4 nitrogen and oxygen atoms in total. The van der Waals surface area contributed by atoms with Crippen molar-refractivity contribution < 1.29 is 14.3 Å². The Kier molecular flexibility index (Phi) is 5.23. The molecule has 0 bridgehead atoms. The molecule has 112 valence electrons. The summed E-state index contributed by atoms with van der Waals surface area (Å²) in [4.78, 5) is 13.9. The summed E-state index contributed by atoms with van der Waals surface area (Å²) in [5, 5.41) is 0. The van der Waals surface area contributed by atoms with Crippen molar-refractivity contribution >= 4 is 30.8 Å². The van der Waals surface area contributed by atoms with E-state index in [9.17, 15) is 4.79 Å². The topological polar surface area (TPSA) is 38.8 Å². The van der Waals surface area contributed by atoms with Gasteiger partial charge in [-0.25, -0.2) is 4.79 Å². The van der Waals surface area contributed by atoms with Gasteiger partial charge >= 0.3 is 6.09 Å². The Labute approximate surface area is 130 Å². The molecular formula is C15H22INO3. The Morgan fingerprint density at radius 3 is 2.95 bits per heavy atom. The summed E-state index contributed by atoms with van der Waals surface area (Å²) < 4.78 is 15.6. The van der Waals surface area contributed by atoms with Crippen LogP contribution in [0, 0.1) is 0 Å². The average molecular weight is 391 g/mol. The first kappa shape index (κ1) is 15.5. The van der Waals surface area contributed by atoms with E-state index in [4.69, 9.17) is 9.47 Å². The van der Waals surface area contributed by atoms with Crippen LogP contribution in [0.15, 0.2) is 22.0 Å². The van der Waals surface area contributed by atoms with Crippen LogP contribution in [0.5, 0.6) is 0 Å². The molecule has 2 heterocycles. The third-order valence-corrected chi connectivity index (χ3v) is 4.60. The highest BCUT2D eigenvalue weighted by Gasteiger charge is 2.32. The van der Waals surface area contributed by atoms with Gasteiger partial charge in [-0.2, -0.15) is 0 Å². The molecule has 0 saturated carbocycles. The number of carbonyl (C=O) groups excluding carboxylic acids is 1. The fourth-order valence-electron chi connectivity index (χ4n) is 2.15. The molecule has 1 saturated heterocycles. The zero-order valence-corrected chi connectivity index (χ0v) is 14.4. The molecule has 0 aliphatic carbocycles. The lowest BCUT2D eigenvalue weighted by Crippen LogP contribution is -2.41. The monoisotopic (exact) mass is 391 g/mol. The van der Waals surface area contributed by atoms with Gasteiger partial charge in [0.15, 0.2) is 0 Å². The minimum atomic E-state index is -0.446. The van der Waals surface area contributed by atoms with E-state index < -0.39 is 5.60 Å². The number of hydrogen-bond acceptors (Lipinski definition) is 3. The third kappa shape index (κ3) is 4.61. The predicted molar refractivity (Wildman–Crippen MR) is 89.2 cm³/mol. The number of halogens is 1. The number of hydrogen-bond donors (Lipinski definition) is 0.